The van der Waals surface area contributed by atoms with E-state index in [0.717, 1.165) is 0 Å². The van der Waals surface area contributed by atoms with Gasteiger partial charge in [-0.2, -0.15) is 0 Å². The summed E-state index contributed by atoms with van der Waals surface area (Å²) < 4.78 is 0. The number of aromatic nitrogens is 2. The minimum Gasteiger partial charge on any atom is -0.481 e. The average molecular weight is 221 g/mol. The highest BCUT2D eigenvalue weighted by molar-refractivity contribution is 6.32. The van der Waals surface area contributed by atoms with Crippen molar-refractivity contribution in [3.8, 4) is 0 Å². The summed E-state index contributed by atoms with van der Waals surface area (Å²) in [6.07, 6.45) is -0.193. The normalized spacial score (nSPS) is 10.1. The molecule has 1 rings (SSSR count). The van der Waals surface area contributed by atoms with Crippen LogP contribution in [0.3, 0.4) is 0 Å². The van der Waals surface area contributed by atoms with Crippen LogP contribution in [0.15, 0.2) is 0 Å². The van der Waals surface area contributed by atoms with Gasteiger partial charge in [0.1, 0.15) is 5.15 Å². The molecule has 70 valence electrons. The van der Waals surface area contributed by atoms with Crippen molar-refractivity contribution in [1.29, 1.82) is 0 Å². The Morgan fingerprint density at radius 2 is 2.08 bits per heavy atom. The van der Waals surface area contributed by atoms with Crippen molar-refractivity contribution in [3.05, 3.63) is 21.7 Å². The smallest absolute Gasteiger partial charge is 0.308 e. The summed E-state index contributed by atoms with van der Waals surface area (Å²) in [4.78, 5) is 17.8. The van der Waals surface area contributed by atoms with Crippen LogP contribution in [0.1, 0.15) is 11.3 Å². The fourth-order valence-electron chi connectivity index (χ4n) is 0.881. The Bertz CT molecular complexity index is 331. The number of nitrogens with zero attached hydrogens (tertiary/aromatic N) is 2. The predicted molar refractivity (Wildman–Crippen MR) is 48.1 cm³/mol. The first-order valence-corrected chi connectivity index (χ1v) is 4.16. The van der Waals surface area contributed by atoms with Crippen LogP contribution in [0, 0.1) is 6.92 Å². The van der Waals surface area contributed by atoms with Crippen LogP contribution in [0.4, 0.5) is 0 Å². The second-order valence-corrected chi connectivity index (χ2v) is 3.11. The monoisotopic (exact) mass is 220 g/mol. The van der Waals surface area contributed by atoms with Crippen molar-refractivity contribution >= 4 is 29.2 Å². The third-order valence-electron chi connectivity index (χ3n) is 1.46. The molecule has 1 heterocycles. The third kappa shape index (κ3) is 2.54. The zero-order valence-electron chi connectivity index (χ0n) is 6.71. The summed E-state index contributed by atoms with van der Waals surface area (Å²) in [7, 11) is 0. The van der Waals surface area contributed by atoms with E-state index in [4.69, 9.17) is 28.3 Å². The fraction of sp³-hybridized carbons (Fsp3) is 0.286. The maximum atomic E-state index is 10.4. The molecular weight excluding hydrogens is 215 g/mol. The summed E-state index contributed by atoms with van der Waals surface area (Å²) in [6.45, 7) is 1.64. The molecular formula is C7H6Cl2N2O2. The summed E-state index contributed by atoms with van der Waals surface area (Å²) >= 11 is 11.2. The zero-order chi connectivity index (χ0) is 10.0. The van der Waals surface area contributed by atoms with Gasteiger partial charge in [-0.25, -0.2) is 9.97 Å². The summed E-state index contributed by atoms with van der Waals surface area (Å²) in [5.41, 5.74) is 0.894. The number of carboxylic acids is 1. The molecule has 1 N–H and O–H groups in total. The van der Waals surface area contributed by atoms with Crippen LogP contribution in [0.2, 0.25) is 10.4 Å². The van der Waals surface area contributed by atoms with Crippen molar-refractivity contribution in [3.63, 3.8) is 0 Å². The number of carboxylic acid groups (broad SMARTS) is 1. The van der Waals surface area contributed by atoms with E-state index < -0.39 is 5.97 Å². The van der Waals surface area contributed by atoms with E-state index in [9.17, 15) is 4.79 Å². The molecule has 0 unspecified atom stereocenters. The zero-order valence-corrected chi connectivity index (χ0v) is 8.22. The standard InChI is InChI=1S/C7H6Cl2N2O2/c1-3-4(2-5(12)13)6(8)11-7(9)10-3/h2H2,1H3,(H,12,13). The Kier molecular flexibility index (Phi) is 3.06. The van der Waals surface area contributed by atoms with Crippen LogP contribution in [0.5, 0.6) is 0 Å². The Balaban J connectivity index is 3.13. The molecule has 0 fully saturated rings. The van der Waals surface area contributed by atoms with Crippen LogP contribution in [-0.2, 0) is 11.2 Å². The molecule has 0 aromatic carbocycles. The van der Waals surface area contributed by atoms with Gasteiger partial charge in [-0.1, -0.05) is 11.6 Å². The van der Waals surface area contributed by atoms with Crippen LogP contribution >= 0.6 is 23.2 Å². The van der Waals surface area contributed by atoms with Gasteiger partial charge in [0, 0.05) is 11.3 Å². The van der Waals surface area contributed by atoms with Gasteiger partial charge in [-0.15, -0.1) is 0 Å². The molecule has 1 aromatic rings. The molecule has 0 aliphatic carbocycles. The van der Waals surface area contributed by atoms with Gasteiger partial charge in [0.15, 0.2) is 0 Å². The van der Waals surface area contributed by atoms with Crippen molar-refractivity contribution in [2.24, 2.45) is 0 Å². The maximum Gasteiger partial charge on any atom is 0.308 e. The van der Waals surface area contributed by atoms with Gasteiger partial charge in [-0.05, 0) is 18.5 Å². The topological polar surface area (TPSA) is 63.1 Å². The molecule has 6 heteroatoms. The van der Waals surface area contributed by atoms with Crippen LogP contribution in [0.25, 0.3) is 0 Å². The van der Waals surface area contributed by atoms with Gasteiger partial charge in [0.05, 0.1) is 6.42 Å². The minimum atomic E-state index is -0.976. The number of halogens is 2. The van der Waals surface area contributed by atoms with E-state index >= 15 is 0 Å². The molecule has 0 atom stereocenters. The molecule has 0 radical (unpaired) electrons. The molecule has 13 heavy (non-hydrogen) atoms. The Morgan fingerprint density at radius 3 is 2.54 bits per heavy atom. The molecule has 0 aliphatic heterocycles. The first-order valence-electron chi connectivity index (χ1n) is 3.41. The summed E-state index contributed by atoms with van der Waals surface area (Å²) in [6, 6.07) is 0. The molecule has 0 aliphatic rings. The molecule has 0 spiro atoms. The molecule has 1 aromatic heterocycles. The lowest BCUT2D eigenvalue weighted by molar-refractivity contribution is -0.136. The number of aliphatic carboxylic acids is 1. The lowest BCUT2D eigenvalue weighted by Gasteiger charge is -2.03. The molecule has 0 bridgehead atoms. The largest absolute Gasteiger partial charge is 0.481 e. The SMILES string of the molecule is Cc1nc(Cl)nc(Cl)c1CC(=O)O. The van der Waals surface area contributed by atoms with Crippen molar-refractivity contribution < 1.29 is 9.90 Å². The molecule has 4 nitrogen and oxygen atoms in total. The van der Waals surface area contributed by atoms with Gasteiger partial charge >= 0.3 is 5.97 Å². The van der Waals surface area contributed by atoms with E-state index in [1.54, 1.807) is 6.92 Å². The number of carbonyl (C=O) groups is 1. The molecule has 0 saturated carbocycles. The van der Waals surface area contributed by atoms with E-state index in [1.807, 2.05) is 0 Å². The number of hydrogen-bond acceptors (Lipinski definition) is 3. The minimum absolute atomic E-state index is 0.0247. The van der Waals surface area contributed by atoms with E-state index in [2.05, 4.69) is 9.97 Å². The highest BCUT2D eigenvalue weighted by Crippen LogP contribution is 2.18. The van der Waals surface area contributed by atoms with E-state index in [-0.39, 0.29) is 16.9 Å². The van der Waals surface area contributed by atoms with Gasteiger partial charge in [-0.3, -0.25) is 4.79 Å². The highest BCUT2D eigenvalue weighted by atomic mass is 35.5. The lowest BCUT2D eigenvalue weighted by Crippen LogP contribution is -2.05. The van der Waals surface area contributed by atoms with Crippen molar-refractivity contribution in [2.45, 2.75) is 13.3 Å². The Labute approximate surface area is 84.5 Å². The number of rotatable bonds is 2. The fourth-order valence-corrected chi connectivity index (χ4v) is 1.42. The van der Waals surface area contributed by atoms with Crippen LogP contribution in [-0.4, -0.2) is 21.0 Å². The van der Waals surface area contributed by atoms with Gasteiger partial charge in [0.2, 0.25) is 5.28 Å². The number of hydrogen-bond donors (Lipinski definition) is 1. The van der Waals surface area contributed by atoms with Crippen LogP contribution < -0.4 is 0 Å². The van der Waals surface area contributed by atoms with Crippen molar-refractivity contribution in [2.75, 3.05) is 0 Å². The third-order valence-corrected chi connectivity index (χ3v) is 1.95. The first-order chi connectivity index (χ1) is 6.00. The van der Waals surface area contributed by atoms with E-state index in [0.29, 0.717) is 11.3 Å². The first kappa shape index (κ1) is 10.2. The Morgan fingerprint density at radius 1 is 1.46 bits per heavy atom. The summed E-state index contributed by atoms with van der Waals surface area (Å²) in [5, 5.41) is 8.66. The molecule has 0 saturated heterocycles. The highest BCUT2D eigenvalue weighted by Gasteiger charge is 2.11. The van der Waals surface area contributed by atoms with Crippen molar-refractivity contribution in [1.82, 2.24) is 9.97 Å². The van der Waals surface area contributed by atoms with E-state index in [1.165, 1.54) is 0 Å². The second-order valence-electron chi connectivity index (χ2n) is 2.42. The quantitative estimate of drug-likeness (QED) is 0.609. The maximum absolute atomic E-state index is 10.4. The number of aryl methyl sites for hydroxylation is 1. The lowest BCUT2D eigenvalue weighted by atomic mass is 10.2. The summed E-state index contributed by atoms with van der Waals surface area (Å²) in [5.74, 6) is -0.976. The van der Waals surface area contributed by atoms with Gasteiger partial charge in [0.25, 0.3) is 0 Å². The predicted octanol–water partition coefficient (Wildman–Crippen LogP) is 1.72. The Hall–Kier alpha value is -0.870. The molecule has 0 amide bonds. The average Bonchev–Trinajstić information content (AvgIpc) is 1.96. The second kappa shape index (κ2) is 3.89. The van der Waals surface area contributed by atoms with Gasteiger partial charge < -0.3 is 5.11 Å².